The number of anilines is 1. The van der Waals surface area contributed by atoms with Crippen molar-refractivity contribution in [2.45, 2.75) is 6.04 Å². The Labute approximate surface area is 125 Å². The molecule has 1 amide bonds. The molecule has 2 rings (SSSR count). The minimum atomic E-state index is -0.143. The Morgan fingerprint density at radius 3 is 2.33 bits per heavy atom. The molecule has 0 heterocycles. The molecule has 0 aliphatic rings. The van der Waals surface area contributed by atoms with Gasteiger partial charge < -0.3 is 16.0 Å². The van der Waals surface area contributed by atoms with Crippen LogP contribution in [0.15, 0.2) is 54.6 Å². The van der Waals surface area contributed by atoms with E-state index in [1.807, 2.05) is 44.4 Å². The number of carbonyl (C=O) groups excluding carboxylic acids is 1. The van der Waals surface area contributed by atoms with Gasteiger partial charge in [0.2, 0.25) is 0 Å². The number of para-hydroxylation sites is 1. The molecule has 4 heteroatoms. The zero-order chi connectivity index (χ0) is 15.2. The molecule has 0 saturated carbocycles. The summed E-state index contributed by atoms with van der Waals surface area (Å²) in [5.74, 6) is -0.143. The molecule has 4 nitrogen and oxygen atoms in total. The fraction of sp³-hybridized carbons (Fsp3) is 0.235. The monoisotopic (exact) mass is 283 g/mol. The quantitative estimate of drug-likeness (QED) is 0.828. The highest BCUT2D eigenvalue weighted by Gasteiger charge is 2.16. The highest BCUT2D eigenvalue weighted by atomic mass is 16.1. The van der Waals surface area contributed by atoms with E-state index < -0.39 is 0 Å². The average molecular weight is 283 g/mol. The maximum Gasteiger partial charge on any atom is 0.253 e. The van der Waals surface area contributed by atoms with Crippen molar-refractivity contribution in [3.05, 3.63) is 65.7 Å². The molecule has 2 aromatic carbocycles. The second kappa shape index (κ2) is 6.90. The van der Waals surface area contributed by atoms with Crippen LogP contribution in [0.2, 0.25) is 0 Å². The van der Waals surface area contributed by atoms with Crippen molar-refractivity contribution >= 4 is 11.6 Å². The maximum absolute atomic E-state index is 12.2. The second-order valence-electron chi connectivity index (χ2n) is 5.19. The van der Waals surface area contributed by atoms with E-state index in [0.717, 1.165) is 0 Å². The highest BCUT2D eigenvalue weighted by Crippen LogP contribution is 2.17. The Hall–Kier alpha value is -2.33. The maximum atomic E-state index is 12.2. The Kier molecular flexibility index (Phi) is 4.95. The summed E-state index contributed by atoms with van der Waals surface area (Å²) in [7, 11) is 4.00. The minimum absolute atomic E-state index is 0.125. The van der Waals surface area contributed by atoms with E-state index in [9.17, 15) is 4.79 Å². The van der Waals surface area contributed by atoms with Gasteiger partial charge in [0.1, 0.15) is 0 Å². The van der Waals surface area contributed by atoms with Crippen LogP contribution in [0.1, 0.15) is 22.0 Å². The van der Waals surface area contributed by atoms with Crippen molar-refractivity contribution in [3.8, 4) is 0 Å². The van der Waals surface area contributed by atoms with Crippen molar-refractivity contribution in [2.75, 3.05) is 26.4 Å². The Balaban J connectivity index is 2.06. The van der Waals surface area contributed by atoms with Crippen LogP contribution in [0.25, 0.3) is 0 Å². The highest BCUT2D eigenvalue weighted by molar-refractivity contribution is 5.99. The average Bonchev–Trinajstić information content (AvgIpc) is 2.48. The zero-order valence-corrected chi connectivity index (χ0v) is 12.4. The molecule has 0 radical (unpaired) electrons. The van der Waals surface area contributed by atoms with E-state index in [-0.39, 0.29) is 11.9 Å². The Bertz CT molecular complexity index is 596. The van der Waals surface area contributed by atoms with Gasteiger partial charge in [-0.2, -0.15) is 0 Å². The summed E-state index contributed by atoms with van der Waals surface area (Å²) in [6.45, 7) is 0.532. The van der Waals surface area contributed by atoms with E-state index in [2.05, 4.69) is 22.3 Å². The van der Waals surface area contributed by atoms with Crippen molar-refractivity contribution in [1.82, 2.24) is 10.2 Å². The second-order valence-corrected chi connectivity index (χ2v) is 5.19. The predicted molar refractivity (Wildman–Crippen MR) is 86.1 cm³/mol. The van der Waals surface area contributed by atoms with Crippen molar-refractivity contribution < 1.29 is 4.79 Å². The van der Waals surface area contributed by atoms with E-state index in [4.69, 9.17) is 5.73 Å². The van der Waals surface area contributed by atoms with Crippen molar-refractivity contribution in [3.63, 3.8) is 0 Å². The SMILES string of the molecule is CN(C)[C@H](CNC(=O)c1ccccc1N)c1ccccc1. The number of likely N-dealkylation sites (N-methyl/N-ethyl adjacent to an activating group) is 1. The zero-order valence-electron chi connectivity index (χ0n) is 12.4. The van der Waals surface area contributed by atoms with Gasteiger partial charge in [0.25, 0.3) is 5.91 Å². The van der Waals surface area contributed by atoms with Crippen LogP contribution in [0.4, 0.5) is 5.69 Å². The number of benzene rings is 2. The van der Waals surface area contributed by atoms with E-state index >= 15 is 0 Å². The van der Waals surface area contributed by atoms with Gasteiger partial charge in [0.15, 0.2) is 0 Å². The van der Waals surface area contributed by atoms with E-state index in [1.54, 1.807) is 12.1 Å². The van der Waals surface area contributed by atoms with Gasteiger partial charge in [0, 0.05) is 12.2 Å². The molecule has 0 spiro atoms. The molecule has 0 aliphatic heterocycles. The lowest BCUT2D eigenvalue weighted by molar-refractivity contribution is 0.0943. The normalized spacial score (nSPS) is 12.1. The predicted octanol–water partition coefficient (Wildman–Crippen LogP) is 2.30. The number of rotatable bonds is 5. The van der Waals surface area contributed by atoms with Gasteiger partial charge in [0.05, 0.1) is 11.6 Å². The van der Waals surface area contributed by atoms with Crippen LogP contribution in [-0.4, -0.2) is 31.4 Å². The molecule has 2 aromatic rings. The Morgan fingerprint density at radius 1 is 1.10 bits per heavy atom. The molecule has 0 fully saturated rings. The summed E-state index contributed by atoms with van der Waals surface area (Å²) in [5.41, 5.74) is 8.01. The molecule has 0 bridgehead atoms. The summed E-state index contributed by atoms with van der Waals surface area (Å²) < 4.78 is 0. The summed E-state index contributed by atoms with van der Waals surface area (Å²) >= 11 is 0. The van der Waals surface area contributed by atoms with Gasteiger partial charge in [-0.05, 0) is 31.8 Å². The first kappa shape index (κ1) is 15.1. The number of carbonyl (C=O) groups is 1. The molecule has 1 atom stereocenters. The molecule has 21 heavy (non-hydrogen) atoms. The molecular weight excluding hydrogens is 262 g/mol. The van der Waals surface area contributed by atoms with Crippen LogP contribution in [0.3, 0.4) is 0 Å². The van der Waals surface area contributed by atoms with Gasteiger partial charge in [-0.3, -0.25) is 4.79 Å². The molecular formula is C17H21N3O. The first-order valence-electron chi connectivity index (χ1n) is 6.93. The summed E-state index contributed by atoms with van der Waals surface area (Å²) in [6, 6.07) is 17.3. The standard InChI is InChI=1S/C17H21N3O/c1-20(2)16(13-8-4-3-5-9-13)12-19-17(21)14-10-6-7-11-15(14)18/h3-11,16H,12,18H2,1-2H3,(H,19,21)/t16-/m1/s1. The Morgan fingerprint density at radius 2 is 1.71 bits per heavy atom. The number of nitrogen functional groups attached to an aromatic ring is 1. The third-order valence-corrected chi connectivity index (χ3v) is 3.47. The molecule has 0 saturated heterocycles. The lowest BCUT2D eigenvalue weighted by Gasteiger charge is -2.25. The van der Waals surface area contributed by atoms with Gasteiger partial charge in [-0.15, -0.1) is 0 Å². The number of hydrogen-bond donors (Lipinski definition) is 2. The summed E-state index contributed by atoms with van der Waals surface area (Å²) in [4.78, 5) is 14.3. The fourth-order valence-corrected chi connectivity index (χ4v) is 2.26. The lowest BCUT2D eigenvalue weighted by atomic mass is 10.1. The van der Waals surface area contributed by atoms with Crippen molar-refractivity contribution in [1.29, 1.82) is 0 Å². The summed E-state index contributed by atoms with van der Waals surface area (Å²) in [6.07, 6.45) is 0. The van der Waals surface area contributed by atoms with Crippen LogP contribution >= 0.6 is 0 Å². The van der Waals surface area contributed by atoms with Crippen LogP contribution in [0, 0.1) is 0 Å². The number of nitrogens with zero attached hydrogens (tertiary/aromatic N) is 1. The number of hydrogen-bond acceptors (Lipinski definition) is 3. The minimum Gasteiger partial charge on any atom is -0.398 e. The first-order valence-corrected chi connectivity index (χ1v) is 6.93. The number of amides is 1. The molecule has 3 N–H and O–H groups in total. The van der Waals surface area contributed by atoms with Gasteiger partial charge in [-0.25, -0.2) is 0 Å². The molecule has 0 unspecified atom stereocenters. The topological polar surface area (TPSA) is 58.4 Å². The van der Waals surface area contributed by atoms with Crippen LogP contribution in [-0.2, 0) is 0 Å². The lowest BCUT2D eigenvalue weighted by Crippen LogP contribution is -2.34. The van der Waals surface area contributed by atoms with Crippen molar-refractivity contribution in [2.24, 2.45) is 0 Å². The number of nitrogens with two attached hydrogens (primary N) is 1. The summed E-state index contributed by atoms with van der Waals surface area (Å²) in [5, 5.41) is 2.96. The van der Waals surface area contributed by atoms with Gasteiger partial charge >= 0.3 is 0 Å². The molecule has 0 aromatic heterocycles. The smallest absolute Gasteiger partial charge is 0.253 e. The molecule has 110 valence electrons. The third-order valence-electron chi connectivity index (χ3n) is 3.47. The van der Waals surface area contributed by atoms with Crippen LogP contribution in [0.5, 0.6) is 0 Å². The fourth-order valence-electron chi connectivity index (χ4n) is 2.26. The van der Waals surface area contributed by atoms with E-state index in [0.29, 0.717) is 17.8 Å². The van der Waals surface area contributed by atoms with Gasteiger partial charge in [-0.1, -0.05) is 42.5 Å². The number of nitrogens with one attached hydrogen (secondary N) is 1. The first-order chi connectivity index (χ1) is 10.1. The molecule has 0 aliphatic carbocycles. The largest absolute Gasteiger partial charge is 0.398 e. The van der Waals surface area contributed by atoms with Crippen LogP contribution < -0.4 is 11.1 Å². The van der Waals surface area contributed by atoms with E-state index in [1.165, 1.54) is 5.56 Å². The third kappa shape index (κ3) is 3.83.